The van der Waals surface area contributed by atoms with Crippen LogP contribution in [-0.4, -0.2) is 49.2 Å². The third kappa shape index (κ3) is 4.69. The molecule has 1 heterocycles. The van der Waals surface area contributed by atoms with Gasteiger partial charge >= 0.3 is 0 Å². The number of hydrogen-bond donors (Lipinski definition) is 2. The summed E-state index contributed by atoms with van der Waals surface area (Å²) in [4.78, 5) is 1.99. The van der Waals surface area contributed by atoms with Gasteiger partial charge in [0.25, 0.3) is 0 Å². The number of phenolic OH excluding ortho intramolecular Hbond substituents is 1. The molecule has 126 valence electrons. The standard InChI is InChI=1S/C15H22F2N2O2.ClH/c1-2-21-13-5-3-4-11(15(13)20)12(10-14(16)17)19-8-6-18-7-9-19;/h3-5,12,14,18,20H,2,6-10H2,1H3;1H/t12-;/m1./s1. The van der Waals surface area contributed by atoms with Crippen LogP contribution >= 0.6 is 12.4 Å². The quantitative estimate of drug-likeness (QED) is 0.838. The van der Waals surface area contributed by atoms with E-state index in [2.05, 4.69) is 5.32 Å². The number of halogens is 3. The van der Waals surface area contributed by atoms with E-state index in [0.29, 0.717) is 31.0 Å². The molecule has 0 unspecified atom stereocenters. The molecule has 2 rings (SSSR count). The maximum absolute atomic E-state index is 13.0. The Bertz CT molecular complexity index is 457. The highest BCUT2D eigenvalue weighted by Gasteiger charge is 2.28. The highest BCUT2D eigenvalue weighted by Crippen LogP contribution is 2.38. The predicted octanol–water partition coefficient (Wildman–Crippen LogP) is 2.81. The van der Waals surface area contributed by atoms with E-state index in [4.69, 9.17) is 4.74 Å². The Hall–Kier alpha value is -1.11. The second-order valence-corrected chi connectivity index (χ2v) is 5.06. The molecule has 1 fully saturated rings. The topological polar surface area (TPSA) is 44.7 Å². The Morgan fingerprint density at radius 3 is 2.59 bits per heavy atom. The Labute approximate surface area is 135 Å². The molecule has 22 heavy (non-hydrogen) atoms. The van der Waals surface area contributed by atoms with E-state index in [-0.39, 0.29) is 24.6 Å². The summed E-state index contributed by atoms with van der Waals surface area (Å²) in [5, 5.41) is 13.5. The van der Waals surface area contributed by atoms with Gasteiger partial charge in [-0.25, -0.2) is 8.78 Å². The first-order valence-electron chi connectivity index (χ1n) is 7.31. The number of para-hydroxylation sites is 1. The summed E-state index contributed by atoms with van der Waals surface area (Å²) in [6.07, 6.45) is -2.71. The molecular weight excluding hydrogens is 314 g/mol. The number of rotatable bonds is 6. The molecule has 0 saturated carbocycles. The van der Waals surface area contributed by atoms with Gasteiger partial charge in [-0.2, -0.15) is 0 Å². The van der Waals surface area contributed by atoms with Crippen LogP contribution in [0.1, 0.15) is 24.9 Å². The lowest BCUT2D eigenvalue weighted by Gasteiger charge is -2.35. The van der Waals surface area contributed by atoms with Crippen molar-refractivity contribution in [3.63, 3.8) is 0 Å². The Morgan fingerprint density at radius 2 is 2.00 bits per heavy atom. The summed E-state index contributed by atoms with van der Waals surface area (Å²) in [7, 11) is 0. The van der Waals surface area contributed by atoms with Crippen LogP contribution in [0.5, 0.6) is 11.5 Å². The molecule has 4 nitrogen and oxygen atoms in total. The smallest absolute Gasteiger partial charge is 0.240 e. The third-order valence-corrected chi connectivity index (χ3v) is 3.68. The number of benzene rings is 1. The minimum atomic E-state index is -2.42. The number of hydrogen-bond acceptors (Lipinski definition) is 4. The zero-order valence-corrected chi connectivity index (χ0v) is 13.4. The van der Waals surface area contributed by atoms with E-state index in [1.165, 1.54) is 0 Å². The van der Waals surface area contributed by atoms with Crippen LogP contribution in [0.4, 0.5) is 8.78 Å². The van der Waals surface area contributed by atoms with Crippen molar-refractivity contribution in [3.8, 4) is 11.5 Å². The molecular formula is C15H23ClF2N2O2. The molecule has 1 aromatic rings. The lowest BCUT2D eigenvalue weighted by atomic mass is 9.99. The average Bonchev–Trinajstić information content (AvgIpc) is 2.48. The van der Waals surface area contributed by atoms with Crippen molar-refractivity contribution in [2.24, 2.45) is 0 Å². The minimum Gasteiger partial charge on any atom is -0.504 e. The van der Waals surface area contributed by atoms with Crippen molar-refractivity contribution in [2.75, 3.05) is 32.8 Å². The van der Waals surface area contributed by atoms with Gasteiger partial charge in [-0.3, -0.25) is 4.90 Å². The van der Waals surface area contributed by atoms with Crippen LogP contribution in [0, 0.1) is 0 Å². The zero-order chi connectivity index (χ0) is 15.2. The molecule has 1 aliphatic rings. The molecule has 0 aliphatic carbocycles. The molecule has 0 spiro atoms. The van der Waals surface area contributed by atoms with Crippen molar-refractivity contribution in [2.45, 2.75) is 25.8 Å². The van der Waals surface area contributed by atoms with Crippen molar-refractivity contribution in [3.05, 3.63) is 23.8 Å². The fourth-order valence-corrected chi connectivity index (χ4v) is 2.72. The SMILES string of the molecule is CCOc1cccc([C@@H](CC(F)F)N2CCNCC2)c1O.Cl. The van der Waals surface area contributed by atoms with Crippen LogP contribution in [0.3, 0.4) is 0 Å². The van der Waals surface area contributed by atoms with Crippen LogP contribution < -0.4 is 10.1 Å². The number of nitrogens with zero attached hydrogens (tertiary/aromatic N) is 1. The van der Waals surface area contributed by atoms with E-state index in [1.807, 2.05) is 11.8 Å². The number of piperazine rings is 1. The van der Waals surface area contributed by atoms with Gasteiger partial charge in [0.2, 0.25) is 6.43 Å². The van der Waals surface area contributed by atoms with Gasteiger partial charge in [0, 0.05) is 44.2 Å². The molecule has 0 bridgehead atoms. The minimum absolute atomic E-state index is 0. The lowest BCUT2D eigenvalue weighted by Crippen LogP contribution is -2.45. The highest BCUT2D eigenvalue weighted by molar-refractivity contribution is 5.85. The van der Waals surface area contributed by atoms with Gasteiger partial charge in [-0.15, -0.1) is 12.4 Å². The van der Waals surface area contributed by atoms with Crippen molar-refractivity contribution >= 4 is 12.4 Å². The number of nitrogens with one attached hydrogen (secondary N) is 1. The largest absolute Gasteiger partial charge is 0.504 e. The van der Waals surface area contributed by atoms with E-state index in [0.717, 1.165) is 13.1 Å². The highest BCUT2D eigenvalue weighted by atomic mass is 35.5. The van der Waals surface area contributed by atoms with Gasteiger partial charge in [0.05, 0.1) is 6.61 Å². The summed E-state index contributed by atoms with van der Waals surface area (Å²) < 4.78 is 31.3. The van der Waals surface area contributed by atoms with Gasteiger partial charge in [-0.05, 0) is 13.0 Å². The Kier molecular flexibility index (Phi) is 7.85. The molecule has 0 amide bonds. The monoisotopic (exact) mass is 336 g/mol. The Morgan fingerprint density at radius 1 is 1.32 bits per heavy atom. The normalized spacial score (nSPS) is 17.1. The second-order valence-electron chi connectivity index (χ2n) is 5.06. The summed E-state index contributed by atoms with van der Waals surface area (Å²) in [5.41, 5.74) is 0.517. The molecule has 0 aromatic heterocycles. The summed E-state index contributed by atoms with van der Waals surface area (Å²) in [5.74, 6) is 0.327. The van der Waals surface area contributed by atoms with E-state index in [9.17, 15) is 13.9 Å². The average molecular weight is 337 g/mol. The summed E-state index contributed by atoms with van der Waals surface area (Å²) in [6.45, 7) is 5.16. The summed E-state index contributed by atoms with van der Waals surface area (Å²) in [6, 6.07) is 4.60. The zero-order valence-electron chi connectivity index (χ0n) is 12.6. The van der Waals surface area contributed by atoms with Crippen LogP contribution in [0.25, 0.3) is 0 Å². The number of ether oxygens (including phenoxy) is 1. The first-order chi connectivity index (χ1) is 10.1. The molecule has 2 N–H and O–H groups in total. The van der Waals surface area contributed by atoms with Gasteiger partial charge in [-0.1, -0.05) is 12.1 Å². The number of phenols is 1. The number of aromatic hydroxyl groups is 1. The maximum Gasteiger partial charge on any atom is 0.240 e. The molecule has 1 aromatic carbocycles. The first-order valence-corrected chi connectivity index (χ1v) is 7.31. The van der Waals surface area contributed by atoms with E-state index < -0.39 is 12.5 Å². The second kappa shape index (κ2) is 9.12. The maximum atomic E-state index is 13.0. The van der Waals surface area contributed by atoms with Crippen molar-refractivity contribution in [1.82, 2.24) is 10.2 Å². The van der Waals surface area contributed by atoms with E-state index >= 15 is 0 Å². The van der Waals surface area contributed by atoms with Gasteiger partial charge in [0.1, 0.15) is 0 Å². The molecule has 0 radical (unpaired) electrons. The fraction of sp³-hybridized carbons (Fsp3) is 0.600. The molecule has 1 atom stereocenters. The van der Waals surface area contributed by atoms with Gasteiger partial charge < -0.3 is 15.2 Å². The number of alkyl halides is 2. The lowest BCUT2D eigenvalue weighted by molar-refractivity contribution is 0.0727. The third-order valence-electron chi connectivity index (χ3n) is 3.68. The van der Waals surface area contributed by atoms with Gasteiger partial charge in [0.15, 0.2) is 11.5 Å². The van der Waals surface area contributed by atoms with Crippen molar-refractivity contribution < 1.29 is 18.6 Å². The molecule has 7 heteroatoms. The van der Waals surface area contributed by atoms with Crippen LogP contribution in [0.2, 0.25) is 0 Å². The predicted molar refractivity (Wildman–Crippen MR) is 84.3 cm³/mol. The van der Waals surface area contributed by atoms with E-state index in [1.54, 1.807) is 18.2 Å². The van der Waals surface area contributed by atoms with Crippen LogP contribution in [-0.2, 0) is 0 Å². The van der Waals surface area contributed by atoms with Crippen LogP contribution in [0.15, 0.2) is 18.2 Å². The summed E-state index contributed by atoms with van der Waals surface area (Å²) >= 11 is 0. The molecule has 1 saturated heterocycles. The van der Waals surface area contributed by atoms with Crippen molar-refractivity contribution in [1.29, 1.82) is 0 Å². The first kappa shape index (κ1) is 18.9. The fourth-order valence-electron chi connectivity index (χ4n) is 2.72. The Balaban J connectivity index is 0.00000242. The molecule has 1 aliphatic heterocycles.